The normalized spacial score (nSPS) is 10.4. The van der Waals surface area contributed by atoms with E-state index in [1.165, 1.54) is 0 Å². The molecule has 0 aliphatic heterocycles. The average Bonchev–Trinajstić information content (AvgIpc) is 2.40. The number of hydrogen-bond donors (Lipinski definition) is 1. The van der Waals surface area contributed by atoms with Crippen molar-refractivity contribution in [1.82, 2.24) is 10.2 Å². The van der Waals surface area contributed by atoms with Crippen LogP contribution in [0.2, 0.25) is 0 Å². The van der Waals surface area contributed by atoms with Crippen LogP contribution in [0.4, 0.5) is 0 Å². The second kappa shape index (κ2) is 8.04. The Morgan fingerprint density at radius 2 is 1.95 bits per heavy atom. The van der Waals surface area contributed by atoms with Gasteiger partial charge in [-0.2, -0.15) is 0 Å². The smallest absolute Gasteiger partial charge is 0.224 e. The van der Waals surface area contributed by atoms with Crippen LogP contribution in [-0.2, 0) is 16.1 Å². The zero-order chi connectivity index (χ0) is 15.1. The van der Waals surface area contributed by atoms with Gasteiger partial charge in [0.15, 0.2) is 0 Å². The number of hydrogen-bond acceptors (Lipinski definition) is 2. The molecule has 1 rings (SSSR count). The van der Waals surface area contributed by atoms with Gasteiger partial charge in [0.1, 0.15) is 0 Å². The molecule has 0 spiro atoms. The third-order valence-electron chi connectivity index (χ3n) is 2.95. The molecule has 1 N–H and O–H groups in total. The number of rotatable bonds is 6. The van der Waals surface area contributed by atoms with Crippen molar-refractivity contribution in [3.8, 4) is 0 Å². The largest absolute Gasteiger partial charge is 0.355 e. The predicted molar refractivity (Wildman–Crippen MR) is 83.1 cm³/mol. The van der Waals surface area contributed by atoms with Gasteiger partial charge >= 0.3 is 0 Å². The van der Waals surface area contributed by atoms with Crippen LogP contribution in [0.25, 0.3) is 0 Å². The summed E-state index contributed by atoms with van der Waals surface area (Å²) >= 11 is 3.47. The zero-order valence-electron chi connectivity index (χ0n) is 12.1. The molecular formula is C15H21BrN2O2. The van der Waals surface area contributed by atoms with Crippen LogP contribution in [0, 0.1) is 5.92 Å². The molecule has 0 saturated heterocycles. The molecule has 1 aromatic rings. The lowest BCUT2D eigenvalue weighted by molar-refractivity contribution is -0.130. The highest BCUT2D eigenvalue weighted by Crippen LogP contribution is 2.17. The maximum Gasteiger partial charge on any atom is 0.224 e. The van der Waals surface area contributed by atoms with E-state index in [1.807, 2.05) is 38.1 Å². The first kappa shape index (κ1) is 16.7. The van der Waals surface area contributed by atoms with Gasteiger partial charge in [-0.3, -0.25) is 9.59 Å². The molecule has 110 valence electrons. The number of amides is 2. The average molecular weight is 341 g/mol. The van der Waals surface area contributed by atoms with Crippen molar-refractivity contribution in [3.63, 3.8) is 0 Å². The summed E-state index contributed by atoms with van der Waals surface area (Å²) in [5.41, 5.74) is 1.06. The highest BCUT2D eigenvalue weighted by Gasteiger charge is 2.12. The summed E-state index contributed by atoms with van der Waals surface area (Å²) in [5.74, 6) is -0.0563. The number of nitrogens with one attached hydrogen (secondary N) is 1. The first-order chi connectivity index (χ1) is 9.41. The highest BCUT2D eigenvalue weighted by atomic mass is 79.9. The summed E-state index contributed by atoms with van der Waals surface area (Å²) in [5, 5.41) is 2.75. The summed E-state index contributed by atoms with van der Waals surface area (Å²) in [6, 6.07) is 7.82. The molecule has 0 aromatic heterocycles. The van der Waals surface area contributed by atoms with Crippen molar-refractivity contribution in [1.29, 1.82) is 0 Å². The van der Waals surface area contributed by atoms with E-state index in [1.54, 1.807) is 11.9 Å². The Morgan fingerprint density at radius 1 is 1.30 bits per heavy atom. The Kier molecular flexibility index (Phi) is 6.71. The Hall–Kier alpha value is -1.36. The lowest BCUT2D eigenvalue weighted by Crippen LogP contribution is -2.33. The van der Waals surface area contributed by atoms with Crippen LogP contribution in [0.3, 0.4) is 0 Å². The lowest BCUT2D eigenvalue weighted by atomic mass is 10.2. The fourth-order valence-corrected chi connectivity index (χ4v) is 2.07. The minimum Gasteiger partial charge on any atom is -0.355 e. The van der Waals surface area contributed by atoms with Gasteiger partial charge in [0.05, 0.1) is 0 Å². The molecule has 20 heavy (non-hydrogen) atoms. The van der Waals surface area contributed by atoms with Gasteiger partial charge in [0.25, 0.3) is 0 Å². The predicted octanol–water partition coefficient (Wildman–Crippen LogP) is 2.57. The number of carbonyl (C=O) groups excluding carboxylic acids is 2. The monoisotopic (exact) mass is 340 g/mol. The molecule has 0 atom stereocenters. The third-order valence-corrected chi connectivity index (χ3v) is 3.73. The van der Waals surface area contributed by atoms with Crippen LogP contribution >= 0.6 is 15.9 Å². The Balaban J connectivity index is 2.40. The minimum absolute atomic E-state index is 0.0183. The molecule has 4 nitrogen and oxygen atoms in total. The second-order valence-electron chi connectivity index (χ2n) is 5.04. The van der Waals surface area contributed by atoms with E-state index in [0.717, 1.165) is 10.0 Å². The van der Waals surface area contributed by atoms with Gasteiger partial charge in [-0.05, 0) is 11.6 Å². The Labute approximate surface area is 128 Å². The van der Waals surface area contributed by atoms with E-state index in [0.29, 0.717) is 19.5 Å². The Bertz CT molecular complexity index is 475. The lowest BCUT2D eigenvalue weighted by Gasteiger charge is -2.18. The van der Waals surface area contributed by atoms with E-state index in [-0.39, 0.29) is 17.7 Å². The van der Waals surface area contributed by atoms with E-state index in [4.69, 9.17) is 0 Å². The molecule has 2 amide bonds. The van der Waals surface area contributed by atoms with E-state index >= 15 is 0 Å². The van der Waals surface area contributed by atoms with Crippen LogP contribution < -0.4 is 5.32 Å². The summed E-state index contributed by atoms with van der Waals surface area (Å²) < 4.78 is 0.993. The molecule has 0 aliphatic rings. The summed E-state index contributed by atoms with van der Waals surface area (Å²) in [6.07, 6.45) is 0.319. The van der Waals surface area contributed by atoms with Crippen molar-refractivity contribution in [2.24, 2.45) is 5.92 Å². The van der Waals surface area contributed by atoms with E-state index < -0.39 is 0 Å². The highest BCUT2D eigenvalue weighted by molar-refractivity contribution is 9.10. The summed E-state index contributed by atoms with van der Waals surface area (Å²) in [7, 11) is 1.77. The van der Waals surface area contributed by atoms with Crippen LogP contribution in [0.1, 0.15) is 25.8 Å². The van der Waals surface area contributed by atoms with Crippen molar-refractivity contribution >= 4 is 27.7 Å². The first-order valence-corrected chi connectivity index (χ1v) is 7.46. The maximum atomic E-state index is 12.0. The van der Waals surface area contributed by atoms with Crippen LogP contribution in [0.5, 0.6) is 0 Å². The number of benzene rings is 1. The zero-order valence-corrected chi connectivity index (χ0v) is 13.7. The topological polar surface area (TPSA) is 49.4 Å². The van der Waals surface area contributed by atoms with E-state index in [9.17, 15) is 9.59 Å². The number of carbonyl (C=O) groups is 2. The summed E-state index contributed by atoms with van der Waals surface area (Å²) in [6.45, 7) is 4.60. The van der Waals surface area contributed by atoms with Crippen molar-refractivity contribution in [3.05, 3.63) is 34.3 Å². The molecule has 0 radical (unpaired) electrons. The van der Waals surface area contributed by atoms with Crippen molar-refractivity contribution < 1.29 is 9.59 Å². The molecule has 5 heteroatoms. The SMILES string of the molecule is CC(C)C(=O)NCCC(=O)N(C)Cc1ccccc1Br. The van der Waals surface area contributed by atoms with Gasteiger partial charge < -0.3 is 10.2 Å². The molecule has 0 fully saturated rings. The molecule has 0 bridgehead atoms. The second-order valence-corrected chi connectivity index (χ2v) is 5.89. The van der Waals surface area contributed by atoms with Crippen LogP contribution in [0.15, 0.2) is 28.7 Å². The fraction of sp³-hybridized carbons (Fsp3) is 0.467. The quantitative estimate of drug-likeness (QED) is 0.865. The number of nitrogens with zero attached hydrogens (tertiary/aromatic N) is 1. The molecule has 0 unspecified atom stereocenters. The molecule has 0 saturated carbocycles. The molecule has 0 aliphatic carbocycles. The standard InChI is InChI=1S/C15H21BrN2O2/c1-11(2)15(20)17-9-8-14(19)18(3)10-12-6-4-5-7-13(12)16/h4-7,11H,8-10H2,1-3H3,(H,17,20). The number of halogens is 1. The van der Waals surface area contributed by atoms with E-state index in [2.05, 4.69) is 21.2 Å². The van der Waals surface area contributed by atoms with Crippen molar-refractivity contribution in [2.45, 2.75) is 26.8 Å². The van der Waals surface area contributed by atoms with Gasteiger partial charge in [-0.15, -0.1) is 0 Å². The van der Waals surface area contributed by atoms with Gasteiger partial charge in [-0.1, -0.05) is 48.0 Å². The third kappa shape index (κ3) is 5.33. The molecule has 0 heterocycles. The van der Waals surface area contributed by atoms with Gasteiger partial charge in [0, 0.05) is 36.9 Å². The van der Waals surface area contributed by atoms with Gasteiger partial charge in [-0.25, -0.2) is 0 Å². The Morgan fingerprint density at radius 3 is 2.55 bits per heavy atom. The van der Waals surface area contributed by atoms with Gasteiger partial charge in [0.2, 0.25) is 11.8 Å². The molecule has 1 aromatic carbocycles. The molecular weight excluding hydrogens is 320 g/mol. The fourth-order valence-electron chi connectivity index (χ4n) is 1.66. The maximum absolute atomic E-state index is 12.0. The first-order valence-electron chi connectivity index (χ1n) is 6.67. The minimum atomic E-state index is -0.0527. The van der Waals surface area contributed by atoms with Crippen molar-refractivity contribution in [2.75, 3.05) is 13.6 Å². The summed E-state index contributed by atoms with van der Waals surface area (Å²) in [4.78, 5) is 25.0. The van der Waals surface area contributed by atoms with Crippen LogP contribution in [-0.4, -0.2) is 30.3 Å².